The second-order valence-corrected chi connectivity index (χ2v) is 6.19. The monoisotopic (exact) mass is 361 g/mol. The molecule has 128 valence electrons. The smallest absolute Gasteiger partial charge is 0.141 e. The highest BCUT2D eigenvalue weighted by Gasteiger charge is 2.07. The zero-order valence-electron chi connectivity index (χ0n) is 13.9. The molecule has 0 aliphatic rings. The largest absolute Gasteiger partial charge is 0.487 e. The van der Waals surface area contributed by atoms with Crippen molar-refractivity contribution < 1.29 is 4.74 Å². The van der Waals surface area contributed by atoms with Gasteiger partial charge < -0.3 is 10.1 Å². The Labute approximate surface area is 156 Å². The van der Waals surface area contributed by atoms with Crippen LogP contribution in [0.5, 0.6) is 5.75 Å². The number of nitrogens with one attached hydrogen (secondary N) is 1. The number of fused-ring (bicyclic) bond motifs is 1. The zero-order chi connectivity index (χ0) is 17.8. The van der Waals surface area contributed by atoms with Gasteiger partial charge in [-0.3, -0.25) is 0 Å². The maximum absolute atomic E-state index is 6.38. The van der Waals surface area contributed by atoms with Gasteiger partial charge in [-0.1, -0.05) is 54.1 Å². The molecule has 3 aromatic carbocycles. The van der Waals surface area contributed by atoms with Gasteiger partial charge in [0, 0.05) is 11.1 Å². The summed E-state index contributed by atoms with van der Waals surface area (Å²) in [6, 6.07) is 23.4. The third kappa shape index (κ3) is 3.60. The zero-order valence-corrected chi connectivity index (χ0v) is 14.6. The van der Waals surface area contributed by atoms with Crippen LogP contribution in [-0.4, -0.2) is 9.97 Å². The van der Waals surface area contributed by atoms with E-state index in [9.17, 15) is 0 Å². The molecule has 26 heavy (non-hydrogen) atoms. The van der Waals surface area contributed by atoms with Gasteiger partial charge in [0.05, 0.1) is 10.5 Å². The molecule has 1 N–H and O–H groups in total. The third-order valence-electron chi connectivity index (χ3n) is 3.97. The number of benzene rings is 3. The van der Waals surface area contributed by atoms with Crippen LogP contribution >= 0.6 is 11.6 Å². The van der Waals surface area contributed by atoms with Gasteiger partial charge in [-0.2, -0.15) is 0 Å². The maximum atomic E-state index is 6.38. The first-order valence-corrected chi connectivity index (χ1v) is 8.60. The predicted molar refractivity (Wildman–Crippen MR) is 105 cm³/mol. The van der Waals surface area contributed by atoms with Gasteiger partial charge in [0.2, 0.25) is 0 Å². The lowest BCUT2D eigenvalue weighted by atomic mass is 10.2. The van der Waals surface area contributed by atoms with Crippen LogP contribution in [-0.2, 0) is 6.61 Å². The first-order chi connectivity index (χ1) is 12.8. The number of para-hydroxylation sites is 1. The van der Waals surface area contributed by atoms with Crippen LogP contribution in [0.15, 0.2) is 79.1 Å². The Morgan fingerprint density at radius 3 is 2.54 bits per heavy atom. The van der Waals surface area contributed by atoms with Crippen LogP contribution in [0.2, 0.25) is 5.02 Å². The number of rotatable bonds is 5. The molecule has 0 aliphatic heterocycles. The van der Waals surface area contributed by atoms with Crippen molar-refractivity contribution in [3.63, 3.8) is 0 Å². The van der Waals surface area contributed by atoms with E-state index in [-0.39, 0.29) is 0 Å². The summed E-state index contributed by atoms with van der Waals surface area (Å²) in [5, 5.41) is 4.80. The van der Waals surface area contributed by atoms with Crippen molar-refractivity contribution in [2.75, 3.05) is 5.32 Å². The van der Waals surface area contributed by atoms with E-state index in [4.69, 9.17) is 16.3 Å². The van der Waals surface area contributed by atoms with Gasteiger partial charge in [0.15, 0.2) is 0 Å². The van der Waals surface area contributed by atoms with Crippen molar-refractivity contribution in [3.05, 3.63) is 89.7 Å². The molecule has 0 spiro atoms. The summed E-state index contributed by atoms with van der Waals surface area (Å²) in [5.74, 6) is 1.39. The Kier molecular flexibility index (Phi) is 4.67. The van der Waals surface area contributed by atoms with Crippen LogP contribution in [0.3, 0.4) is 0 Å². The summed E-state index contributed by atoms with van der Waals surface area (Å²) in [6.07, 6.45) is 1.55. The van der Waals surface area contributed by atoms with E-state index < -0.39 is 0 Å². The van der Waals surface area contributed by atoms with Crippen molar-refractivity contribution in [1.82, 2.24) is 9.97 Å². The summed E-state index contributed by atoms with van der Waals surface area (Å²) in [6.45, 7) is 0.476. The summed E-state index contributed by atoms with van der Waals surface area (Å²) in [7, 11) is 0. The molecule has 0 fully saturated rings. The van der Waals surface area contributed by atoms with E-state index in [1.807, 2.05) is 72.8 Å². The molecular formula is C21H16ClN3O. The fourth-order valence-corrected chi connectivity index (χ4v) is 2.91. The standard InChI is InChI=1S/C21H16ClN3O/c22-18-12-16(10-11-20(18)26-13-15-6-2-1-3-7-15)25-21-17-8-4-5-9-19(17)23-14-24-21/h1-12,14H,13H2,(H,23,24,25). The number of anilines is 2. The Bertz CT molecular complexity index is 1030. The van der Waals surface area contributed by atoms with Crippen LogP contribution < -0.4 is 10.1 Å². The number of hydrogen-bond donors (Lipinski definition) is 1. The fraction of sp³-hybridized carbons (Fsp3) is 0.0476. The summed E-state index contributed by atoms with van der Waals surface area (Å²) in [4.78, 5) is 8.60. The van der Waals surface area contributed by atoms with Crippen molar-refractivity contribution in [1.29, 1.82) is 0 Å². The van der Waals surface area contributed by atoms with E-state index in [1.54, 1.807) is 6.33 Å². The second-order valence-electron chi connectivity index (χ2n) is 5.78. The van der Waals surface area contributed by atoms with E-state index in [0.717, 1.165) is 28.0 Å². The van der Waals surface area contributed by atoms with Gasteiger partial charge in [0.25, 0.3) is 0 Å². The van der Waals surface area contributed by atoms with Crippen LogP contribution in [0.25, 0.3) is 10.9 Å². The lowest BCUT2D eigenvalue weighted by Gasteiger charge is -2.12. The second kappa shape index (κ2) is 7.42. The van der Waals surface area contributed by atoms with Gasteiger partial charge in [-0.15, -0.1) is 0 Å². The van der Waals surface area contributed by atoms with Crippen molar-refractivity contribution in [2.45, 2.75) is 6.61 Å². The molecular weight excluding hydrogens is 346 g/mol. The molecule has 0 aliphatic carbocycles. The SMILES string of the molecule is Clc1cc(Nc2ncnc3ccccc23)ccc1OCc1ccccc1. The molecule has 0 saturated carbocycles. The number of nitrogens with zero attached hydrogens (tertiary/aromatic N) is 2. The number of halogens is 1. The highest BCUT2D eigenvalue weighted by Crippen LogP contribution is 2.30. The predicted octanol–water partition coefficient (Wildman–Crippen LogP) is 5.61. The minimum Gasteiger partial charge on any atom is -0.487 e. The summed E-state index contributed by atoms with van der Waals surface area (Å²) < 4.78 is 5.81. The molecule has 4 nitrogen and oxygen atoms in total. The summed E-state index contributed by atoms with van der Waals surface area (Å²) in [5.41, 5.74) is 2.82. The first-order valence-electron chi connectivity index (χ1n) is 8.23. The molecule has 1 heterocycles. The number of ether oxygens (including phenoxy) is 1. The van der Waals surface area contributed by atoms with Gasteiger partial charge in [-0.25, -0.2) is 9.97 Å². The van der Waals surface area contributed by atoms with Crippen LogP contribution in [0, 0.1) is 0 Å². The Balaban J connectivity index is 1.52. The van der Waals surface area contributed by atoms with Crippen LogP contribution in [0.1, 0.15) is 5.56 Å². The highest BCUT2D eigenvalue weighted by atomic mass is 35.5. The third-order valence-corrected chi connectivity index (χ3v) is 4.27. The minimum absolute atomic E-state index is 0.476. The van der Waals surface area contributed by atoms with Crippen molar-refractivity contribution in [2.24, 2.45) is 0 Å². The molecule has 0 bridgehead atoms. The lowest BCUT2D eigenvalue weighted by Crippen LogP contribution is -1.98. The molecule has 4 aromatic rings. The molecule has 5 heteroatoms. The van der Waals surface area contributed by atoms with E-state index >= 15 is 0 Å². The van der Waals surface area contributed by atoms with E-state index in [1.165, 1.54) is 0 Å². The molecule has 0 unspecified atom stereocenters. The molecule has 0 amide bonds. The van der Waals surface area contributed by atoms with Gasteiger partial charge in [0.1, 0.15) is 24.5 Å². The Morgan fingerprint density at radius 1 is 0.885 bits per heavy atom. The van der Waals surface area contributed by atoms with Gasteiger partial charge in [-0.05, 0) is 35.9 Å². The normalized spacial score (nSPS) is 10.7. The summed E-state index contributed by atoms with van der Waals surface area (Å²) >= 11 is 6.38. The minimum atomic E-state index is 0.476. The maximum Gasteiger partial charge on any atom is 0.141 e. The lowest BCUT2D eigenvalue weighted by molar-refractivity contribution is 0.306. The average molecular weight is 362 g/mol. The Hall–Kier alpha value is -3.11. The fourth-order valence-electron chi connectivity index (χ4n) is 2.67. The topological polar surface area (TPSA) is 47.0 Å². The number of hydrogen-bond acceptors (Lipinski definition) is 4. The van der Waals surface area contributed by atoms with Crippen LogP contribution in [0.4, 0.5) is 11.5 Å². The molecule has 1 aromatic heterocycles. The van der Waals surface area contributed by atoms with Crippen molar-refractivity contribution in [3.8, 4) is 5.75 Å². The number of aromatic nitrogens is 2. The van der Waals surface area contributed by atoms with E-state index in [0.29, 0.717) is 17.4 Å². The average Bonchev–Trinajstić information content (AvgIpc) is 2.68. The van der Waals surface area contributed by atoms with Gasteiger partial charge >= 0.3 is 0 Å². The quantitative estimate of drug-likeness (QED) is 0.502. The van der Waals surface area contributed by atoms with Crippen molar-refractivity contribution >= 4 is 34.0 Å². The first kappa shape index (κ1) is 16.4. The highest BCUT2D eigenvalue weighted by molar-refractivity contribution is 6.32. The molecule has 4 rings (SSSR count). The Morgan fingerprint density at radius 2 is 1.69 bits per heavy atom. The molecule has 0 radical (unpaired) electrons. The van der Waals surface area contributed by atoms with E-state index in [2.05, 4.69) is 15.3 Å². The molecule has 0 saturated heterocycles. The molecule has 0 atom stereocenters.